The Balaban J connectivity index is 1.35. The van der Waals surface area contributed by atoms with Gasteiger partial charge in [0.2, 0.25) is 5.91 Å². The smallest absolute Gasteiger partial charge is 0.413 e. The topological polar surface area (TPSA) is 127 Å². The van der Waals surface area contributed by atoms with Crippen molar-refractivity contribution >= 4 is 40.5 Å². The van der Waals surface area contributed by atoms with Crippen LogP contribution in [-0.2, 0) is 32.1 Å². The Kier molecular flexibility index (Phi) is 9.58. The van der Waals surface area contributed by atoms with E-state index in [1.807, 2.05) is 91.0 Å². The summed E-state index contributed by atoms with van der Waals surface area (Å²) in [4.78, 5) is 58.8. The van der Waals surface area contributed by atoms with E-state index in [2.05, 4.69) is 15.6 Å². The Labute approximate surface area is 265 Å². The van der Waals surface area contributed by atoms with Gasteiger partial charge in [0.05, 0.1) is 12.0 Å². The number of thiazole rings is 1. The first-order chi connectivity index (χ1) is 21.6. The number of nitrogens with one attached hydrogen (secondary N) is 2. The number of imide groups is 1. The molecular weight excluding hydrogens is 592 g/mol. The number of benzene rings is 3. The maximum atomic E-state index is 13.7. The highest BCUT2D eigenvalue weighted by molar-refractivity contribution is 7.15. The summed E-state index contributed by atoms with van der Waals surface area (Å²) in [6.07, 6.45) is 1.00. The maximum Gasteiger partial charge on any atom is 0.413 e. The van der Waals surface area contributed by atoms with Crippen molar-refractivity contribution in [3.63, 3.8) is 0 Å². The molecule has 0 bridgehead atoms. The average Bonchev–Trinajstić information content (AvgIpc) is 3.46. The summed E-state index contributed by atoms with van der Waals surface area (Å²) < 4.78 is 10.9. The molecule has 2 unspecified atom stereocenters. The zero-order valence-corrected chi connectivity index (χ0v) is 26.0. The second-order valence-electron chi connectivity index (χ2n) is 11.5. The molecule has 1 saturated heterocycles. The van der Waals surface area contributed by atoms with E-state index < -0.39 is 47.6 Å². The molecule has 2 atom stereocenters. The highest BCUT2D eigenvalue weighted by atomic mass is 32.1. The average molecular weight is 627 g/mol. The van der Waals surface area contributed by atoms with Crippen LogP contribution >= 0.6 is 11.3 Å². The van der Waals surface area contributed by atoms with Gasteiger partial charge in [-0.05, 0) is 43.9 Å². The quantitative estimate of drug-likeness (QED) is 0.170. The van der Waals surface area contributed by atoms with E-state index in [0.717, 1.165) is 32.9 Å². The Morgan fingerprint density at radius 1 is 0.911 bits per heavy atom. The zero-order valence-electron chi connectivity index (χ0n) is 25.1. The highest BCUT2D eigenvalue weighted by Gasteiger charge is 2.55. The molecule has 4 amide bonds. The van der Waals surface area contributed by atoms with Crippen LogP contribution in [0.25, 0.3) is 0 Å². The van der Waals surface area contributed by atoms with Crippen LogP contribution < -0.4 is 10.6 Å². The molecule has 3 aromatic carbocycles. The van der Waals surface area contributed by atoms with Crippen LogP contribution in [-0.4, -0.2) is 45.5 Å². The number of carbonyl (C=O) groups is 4. The monoisotopic (exact) mass is 626 g/mol. The Morgan fingerprint density at radius 2 is 1.49 bits per heavy atom. The van der Waals surface area contributed by atoms with E-state index in [-0.39, 0.29) is 18.2 Å². The molecule has 1 aliphatic rings. The second-order valence-corrected chi connectivity index (χ2v) is 12.6. The lowest BCUT2D eigenvalue weighted by molar-refractivity contribution is -0.170. The number of urea groups is 1. The molecule has 0 aliphatic carbocycles. The van der Waals surface area contributed by atoms with Gasteiger partial charge in [0.15, 0.2) is 11.2 Å². The van der Waals surface area contributed by atoms with Gasteiger partial charge in [-0.3, -0.25) is 10.1 Å². The van der Waals surface area contributed by atoms with Gasteiger partial charge < -0.3 is 14.8 Å². The number of carbonyl (C=O) groups excluding carboxylic acids is 4. The Bertz CT molecular complexity index is 1600. The lowest BCUT2D eigenvalue weighted by atomic mass is 9.84. The van der Waals surface area contributed by atoms with Crippen LogP contribution in [0.2, 0.25) is 0 Å². The molecule has 5 rings (SSSR count). The van der Waals surface area contributed by atoms with E-state index in [9.17, 15) is 19.2 Å². The molecule has 0 saturated carbocycles. The summed E-state index contributed by atoms with van der Waals surface area (Å²) in [5.41, 5.74) is 1.73. The molecule has 10 nitrogen and oxygen atoms in total. The zero-order chi connectivity index (χ0) is 32.0. The molecule has 0 spiro atoms. The van der Waals surface area contributed by atoms with Crippen LogP contribution in [0.4, 0.5) is 14.7 Å². The molecule has 2 N–H and O–H groups in total. The third kappa shape index (κ3) is 7.93. The summed E-state index contributed by atoms with van der Waals surface area (Å²) in [5, 5.41) is 5.83. The molecular formula is C34H34N4O6S. The number of hydrogen-bond acceptors (Lipinski definition) is 8. The van der Waals surface area contributed by atoms with E-state index in [1.54, 1.807) is 20.8 Å². The first-order valence-electron chi connectivity index (χ1n) is 14.5. The molecule has 1 fully saturated rings. The van der Waals surface area contributed by atoms with Crippen molar-refractivity contribution in [1.82, 2.24) is 15.2 Å². The summed E-state index contributed by atoms with van der Waals surface area (Å²) in [5.74, 6) is -2.06. The summed E-state index contributed by atoms with van der Waals surface area (Å²) in [7, 11) is 0. The van der Waals surface area contributed by atoms with E-state index in [0.29, 0.717) is 4.88 Å². The first kappa shape index (κ1) is 31.4. The molecule has 232 valence electrons. The van der Waals surface area contributed by atoms with Gasteiger partial charge in [-0.2, -0.15) is 0 Å². The predicted octanol–water partition coefficient (Wildman–Crippen LogP) is 6.10. The SMILES string of the molecule is CC(C)(C)OC(=O)Nc1ncc(CC2C(=O)N(C(=O)NC(c3ccccc3)c3ccccc3)C2C(=O)OCc2ccccc2)s1. The third-order valence-corrected chi connectivity index (χ3v) is 7.95. The summed E-state index contributed by atoms with van der Waals surface area (Å²) >= 11 is 1.16. The van der Waals surface area contributed by atoms with Crippen molar-refractivity contribution in [2.24, 2.45) is 5.92 Å². The van der Waals surface area contributed by atoms with E-state index in [4.69, 9.17) is 9.47 Å². The fourth-order valence-electron chi connectivity index (χ4n) is 4.97. The number of nitrogens with zero attached hydrogens (tertiary/aromatic N) is 2. The van der Waals surface area contributed by atoms with Gasteiger partial charge in [0.25, 0.3) is 0 Å². The van der Waals surface area contributed by atoms with Crippen molar-refractivity contribution < 1.29 is 28.7 Å². The van der Waals surface area contributed by atoms with Crippen molar-refractivity contribution in [1.29, 1.82) is 0 Å². The van der Waals surface area contributed by atoms with Crippen LogP contribution in [0.3, 0.4) is 0 Å². The number of amides is 4. The minimum Gasteiger partial charge on any atom is -0.459 e. The summed E-state index contributed by atoms with van der Waals surface area (Å²) in [6.45, 7) is 5.25. The summed E-state index contributed by atoms with van der Waals surface area (Å²) in [6, 6.07) is 25.5. The minimum absolute atomic E-state index is 0.00624. The maximum absolute atomic E-state index is 13.7. The predicted molar refractivity (Wildman–Crippen MR) is 169 cm³/mol. The molecule has 1 aromatic heterocycles. The highest BCUT2D eigenvalue weighted by Crippen LogP contribution is 2.34. The van der Waals surface area contributed by atoms with Crippen molar-refractivity contribution in [3.8, 4) is 0 Å². The molecule has 2 heterocycles. The Hall–Kier alpha value is -5.03. The van der Waals surface area contributed by atoms with Crippen LogP contribution in [0.1, 0.15) is 48.4 Å². The van der Waals surface area contributed by atoms with Gasteiger partial charge in [-0.15, -0.1) is 11.3 Å². The first-order valence-corrected chi connectivity index (χ1v) is 15.3. The van der Waals surface area contributed by atoms with Crippen LogP contribution in [0.15, 0.2) is 97.2 Å². The number of anilines is 1. The van der Waals surface area contributed by atoms with Gasteiger partial charge in [-0.25, -0.2) is 24.3 Å². The van der Waals surface area contributed by atoms with Crippen molar-refractivity contribution in [2.75, 3.05) is 5.32 Å². The third-order valence-electron chi connectivity index (χ3n) is 7.01. The van der Waals surface area contributed by atoms with Gasteiger partial charge in [-0.1, -0.05) is 91.0 Å². The standard InChI is InChI=1S/C34H34N4O6S/c1-34(2,3)44-33(42)37-31-35-20-25(45-31)19-26-28(30(40)43-21-22-13-7-4-8-14-22)38(29(26)39)32(41)36-27(23-15-9-5-10-16-23)24-17-11-6-12-18-24/h4-18,20,26-28H,19,21H2,1-3H3,(H,36,41)(H,35,37,42). The normalized spacial score (nSPS) is 16.1. The number of ether oxygens (including phenoxy) is 2. The van der Waals surface area contributed by atoms with Crippen molar-refractivity contribution in [2.45, 2.75) is 51.5 Å². The van der Waals surface area contributed by atoms with Gasteiger partial charge in [0, 0.05) is 11.1 Å². The molecule has 1 aliphatic heterocycles. The largest absolute Gasteiger partial charge is 0.459 e. The van der Waals surface area contributed by atoms with Gasteiger partial charge in [0.1, 0.15) is 12.2 Å². The number of aromatic nitrogens is 1. The lowest BCUT2D eigenvalue weighted by Gasteiger charge is -2.44. The lowest BCUT2D eigenvalue weighted by Crippen LogP contribution is -2.69. The Morgan fingerprint density at radius 3 is 2.07 bits per heavy atom. The van der Waals surface area contributed by atoms with Crippen molar-refractivity contribution in [3.05, 3.63) is 119 Å². The second kappa shape index (κ2) is 13.7. The fourth-order valence-corrected chi connectivity index (χ4v) is 5.82. The molecule has 0 radical (unpaired) electrons. The van der Waals surface area contributed by atoms with Gasteiger partial charge >= 0.3 is 18.1 Å². The molecule has 45 heavy (non-hydrogen) atoms. The fraction of sp³-hybridized carbons (Fsp3) is 0.265. The van der Waals surface area contributed by atoms with E-state index >= 15 is 0 Å². The van der Waals surface area contributed by atoms with E-state index in [1.165, 1.54) is 6.20 Å². The number of rotatable bonds is 9. The molecule has 4 aromatic rings. The number of hydrogen-bond donors (Lipinski definition) is 2. The number of likely N-dealkylation sites (tertiary alicyclic amines) is 1. The van der Waals surface area contributed by atoms with Crippen LogP contribution in [0.5, 0.6) is 0 Å². The minimum atomic E-state index is -1.15. The van der Waals surface area contributed by atoms with Crippen LogP contribution in [0, 0.1) is 5.92 Å². The number of β-lactam (4-membered cyclic amide) rings is 1. The number of esters is 1. The molecule has 11 heteroatoms.